The molecule has 0 aromatic heterocycles. The summed E-state index contributed by atoms with van der Waals surface area (Å²) in [6, 6.07) is 5.63. The molecule has 54 heavy (non-hydrogen) atoms. The lowest BCUT2D eigenvalue weighted by molar-refractivity contribution is -0.143. The van der Waals surface area contributed by atoms with E-state index in [1.54, 1.807) is 70.0 Å². The third-order valence-corrected chi connectivity index (χ3v) is 7.61. The highest BCUT2D eigenvalue weighted by molar-refractivity contribution is 5.82. The summed E-state index contributed by atoms with van der Waals surface area (Å²) in [5.41, 5.74) is 2.15. The average Bonchev–Trinajstić information content (AvgIpc) is 3.09. The van der Waals surface area contributed by atoms with Crippen LogP contribution in [0.4, 0.5) is 9.59 Å². The molecule has 2 N–H and O–H groups in total. The fourth-order valence-corrected chi connectivity index (χ4v) is 5.31. The molecule has 0 saturated heterocycles. The molecular weight excluding hydrogens is 700 g/mol. The predicted octanol–water partition coefficient (Wildman–Crippen LogP) is 6.53. The van der Waals surface area contributed by atoms with Crippen molar-refractivity contribution >= 4 is 24.1 Å². The molecule has 0 aliphatic heterocycles. The molecule has 2 aromatic rings. The van der Waals surface area contributed by atoms with Gasteiger partial charge >= 0.3 is 24.1 Å². The number of methoxy groups -OCH3 is 6. The van der Waals surface area contributed by atoms with E-state index in [1.807, 2.05) is 24.3 Å². The highest BCUT2D eigenvalue weighted by Crippen LogP contribution is 2.32. The fraction of sp³-hybridized carbons (Fsp3) is 0.600. The van der Waals surface area contributed by atoms with E-state index in [2.05, 4.69) is 24.5 Å². The minimum Gasteiger partial charge on any atom is -0.496 e. The monoisotopic (exact) mass is 762 g/mol. The topological polar surface area (TPSA) is 166 Å². The van der Waals surface area contributed by atoms with Crippen LogP contribution >= 0.6 is 0 Å². The van der Waals surface area contributed by atoms with Gasteiger partial charge in [-0.05, 0) is 89.8 Å². The van der Waals surface area contributed by atoms with E-state index in [0.717, 1.165) is 47.9 Å². The van der Waals surface area contributed by atoms with Gasteiger partial charge in [0.2, 0.25) is 0 Å². The van der Waals surface area contributed by atoms with Crippen LogP contribution in [0.2, 0.25) is 0 Å². The maximum absolute atomic E-state index is 12.2. The molecule has 0 aliphatic rings. The molecule has 0 saturated carbocycles. The molecule has 14 heteroatoms. The number of alkyl carbamates (subject to hydrolysis) is 2. The Hall–Kier alpha value is -4.88. The summed E-state index contributed by atoms with van der Waals surface area (Å²) in [5, 5.41) is 5.14. The van der Waals surface area contributed by atoms with Crippen molar-refractivity contribution in [3.8, 4) is 23.0 Å². The molecule has 0 aliphatic carbocycles. The van der Waals surface area contributed by atoms with Gasteiger partial charge in [-0.2, -0.15) is 0 Å². The zero-order chi connectivity index (χ0) is 41.2. The first-order valence-corrected chi connectivity index (χ1v) is 17.9. The average molecular weight is 763 g/mol. The van der Waals surface area contributed by atoms with Gasteiger partial charge < -0.3 is 48.5 Å². The molecule has 0 radical (unpaired) electrons. The zero-order valence-corrected chi connectivity index (χ0v) is 34.6. The Kier molecular flexibility index (Phi) is 19.5. The van der Waals surface area contributed by atoms with Crippen LogP contribution in [0.25, 0.3) is 0 Å². The lowest BCUT2D eigenvalue weighted by atomic mass is 10.00. The fourth-order valence-electron chi connectivity index (χ4n) is 5.31. The van der Waals surface area contributed by atoms with Gasteiger partial charge in [0.25, 0.3) is 0 Å². The van der Waals surface area contributed by atoms with Crippen molar-refractivity contribution in [2.45, 2.75) is 117 Å². The molecule has 14 nitrogen and oxygen atoms in total. The van der Waals surface area contributed by atoms with Gasteiger partial charge in [-0.3, -0.25) is 0 Å². The smallest absolute Gasteiger partial charge is 0.408 e. The molecular formula is C40H62N2O12. The van der Waals surface area contributed by atoms with Crippen LogP contribution in [0.5, 0.6) is 23.0 Å². The third kappa shape index (κ3) is 16.0. The standard InChI is InChI=1S/2C20H31NO6/c2*1-8-9-13-11-17(25-6)14(12-16(13)24-5)10-15(18(22)26-7)21-19(23)27-20(2,3)4/h2*11-12,15H,8-10H2,1-7H3,(H,21,23). The first-order chi connectivity index (χ1) is 25.3. The van der Waals surface area contributed by atoms with E-state index < -0.39 is 47.4 Å². The summed E-state index contributed by atoms with van der Waals surface area (Å²) in [7, 11) is 8.87. The van der Waals surface area contributed by atoms with Crippen molar-refractivity contribution < 1.29 is 57.1 Å². The van der Waals surface area contributed by atoms with Crippen molar-refractivity contribution in [2.75, 3.05) is 42.7 Å². The second kappa shape index (κ2) is 22.4. The number of ether oxygens (including phenoxy) is 8. The molecule has 2 amide bonds. The Morgan fingerprint density at radius 1 is 0.519 bits per heavy atom. The van der Waals surface area contributed by atoms with Crippen LogP contribution < -0.4 is 29.6 Å². The summed E-state index contributed by atoms with van der Waals surface area (Å²) in [5.74, 6) is 1.54. The number of carbonyl (C=O) groups is 4. The van der Waals surface area contributed by atoms with Gasteiger partial charge in [-0.1, -0.05) is 26.7 Å². The normalized spacial score (nSPS) is 12.1. The SMILES string of the molecule is CCCc1cc(OC)c(CC(NC(=O)OC(C)(C)C)C(=O)OC)cc1OC.CCCc1cc(OC)c(CC(NC(=O)OC(C)(C)C)C(=O)OC)cc1OC. The first-order valence-electron chi connectivity index (χ1n) is 17.9. The van der Waals surface area contributed by atoms with E-state index in [1.165, 1.54) is 14.2 Å². The van der Waals surface area contributed by atoms with E-state index >= 15 is 0 Å². The lowest BCUT2D eigenvalue weighted by Crippen LogP contribution is -2.45. The summed E-state index contributed by atoms with van der Waals surface area (Å²) >= 11 is 0. The number of esters is 2. The van der Waals surface area contributed by atoms with Crippen molar-refractivity contribution in [2.24, 2.45) is 0 Å². The van der Waals surface area contributed by atoms with E-state index in [0.29, 0.717) is 23.0 Å². The Balaban J connectivity index is 0.000000540. The third-order valence-electron chi connectivity index (χ3n) is 7.61. The maximum Gasteiger partial charge on any atom is 0.408 e. The Bertz CT molecular complexity index is 1410. The number of rotatable bonds is 16. The molecule has 2 aromatic carbocycles. The number of aryl methyl sites for hydroxylation is 2. The summed E-state index contributed by atoms with van der Waals surface area (Å²) in [6.45, 7) is 14.7. The number of amides is 2. The molecule has 0 heterocycles. The van der Waals surface area contributed by atoms with Crippen molar-refractivity contribution in [1.82, 2.24) is 10.6 Å². The second-order valence-corrected chi connectivity index (χ2v) is 14.3. The zero-order valence-electron chi connectivity index (χ0n) is 34.6. The van der Waals surface area contributed by atoms with Crippen LogP contribution in [0.15, 0.2) is 24.3 Å². The molecule has 0 bridgehead atoms. The number of benzene rings is 2. The van der Waals surface area contributed by atoms with Crippen LogP contribution in [0.3, 0.4) is 0 Å². The number of nitrogens with one attached hydrogen (secondary N) is 2. The molecule has 2 rings (SSSR count). The molecule has 0 fully saturated rings. The molecule has 2 atom stereocenters. The lowest BCUT2D eigenvalue weighted by Gasteiger charge is -2.23. The highest BCUT2D eigenvalue weighted by atomic mass is 16.6. The van der Waals surface area contributed by atoms with Gasteiger partial charge in [0.1, 0.15) is 46.3 Å². The van der Waals surface area contributed by atoms with Gasteiger partial charge in [0.15, 0.2) is 0 Å². The Morgan fingerprint density at radius 3 is 1.04 bits per heavy atom. The highest BCUT2D eigenvalue weighted by Gasteiger charge is 2.28. The quantitative estimate of drug-likeness (QED) is 0.141. The largest absolute Gasteiger partial charge is 0.496 e. The van der Waals surface area contributed by atoms with Crippen molar-refractivity contribution in [3.63, 3.8) is 0 Å². The predicted molar refractivity (Wildman–Crippen MR) is 205 cm³/mol. The van der Waals surface area contributed by atoms with Gasteiger partial charge in [0, 0.05) is 24.0 Å². The van der Waals surface area contributed by atoms with Crippen molar-refractivity contribution in [3.05, 3.63) is 46.5 Å². The minimum atomic E-state index is -0.916. The van der Waals surface area contributed by atoms with Crippen LogP contribution in [-0.2, 0) is 54.2 Å². The number of hydrogen-bond donors (Lipinski definition) is 2. The van der Waals surface area contributed by atoms with E-state index in [4.69, 9.17) is 37.9 Å². The van der Waals surface area contributed by atoms with Crippen LogP contribution in [0.1, 0.15) is 90.5 Å². The number of carbonyl (C=O) groups excluding carboxylic acids is 4. The van der Waals surface area contributed by atoms with Gasteiger partial charge in [-0.25, -0.2) is 19.2 Å². The van der Waals surface area contributed by atoms with Gasteiger partial charge in [0.05, 0.1) is 42.7 Å². The van der Waals surface area contributed by atoms with E-state index in [-0.39, 0.29) is 12.8 Å². The van der Waals surface area contributed by atoms with Crippen LogP contribution in [-0.4, -0.2) is 90.1 Å². The van der Waals surface area contributed by atoms with Crippen molar-refractivity contribution in [1.29, 1.82) is 0 Å². The Morgan fingerprint density at radius 2 is 0.796 bits per heavy atom. The molecule has 304 valence electrons. The summed E-state index contributed by atoms with van der Waals surface area (Å²) < 4.78 is 42.0. The number of hydrogen-bond acceptors (Lipinski definition) is 12. The maximum atomic E-state index is 12.2. The summed E-state index contributed by atoms with van der Waals surface area (Å²) in [6.07, 6.45) is 2.59. The first kappa shape index (κ1) is 47.1. The van der Waals surface area contributed by atoms with E-state index in [9.17, 15) is 19.2 Å². The van der Waals surface area contributed by atoms with Crippen LogP contribution in [0, 0.1) is 0 Å². The second-order valence-electron chi connectivity index (χ2n) is 14.3. The minimum absolute atomic E-state index is 0.178. The Labute approximate surface area is 320 Å². The molecule has 2 unspecified atom stereocenters. The summed E-state index contributed by atoms with van der Waals surface area (Å²) in [4.78, 5) is 48.6. The molecule has 0 spiro atoms. The van der Waals surface area contributed by atoms with Gasteiger partial charge in [-0.15, -0.1) is 0 Å².